The van der Waals surface area contributed by atoms with Crippen molar-refractivity contribution in [3.05, 3.63) is 65.7 Å². The maximum Gasteiger partial charge on any atom is 0.297 e. The first kappa shape index (κ1) is 15.2. The highest BCUT2D eigenvalue weighted by Gasteiger charge is 2.42. The first-order valence-electron chi connectivity index (χ1n) is 7.11. The van der Waals surface area contributed by atoms with E-state index in [1.807, 2.05) is 37.3 Å². The van der Waals surface area contributed by atoms with Crippen LogP contribution in [0.25, 0.3) is 0 Å². The molecule has 1 aliphatic rings. The van der Waals surface area contributed by atoms with E-state index in [1.165, 1.54) is 0 Å². The van der Waals surface area contributed by atoms with Crippen molar-refractivity contribution in [1.82, 2.24) is 0 Å². The van der Waals surface area contributed by atoms with Gasteiger partial charge in [-0.05, 0) is 24.6 Å². The van der Waals surface area contributed by atoms with Gasteiger partial charge in [-0.15, -0.1) is 0 Å². The summed E-state index contributed by atoms with van der Waals surface area (Å²) in [5.74, 6) is 0. The van der Waals surface area contributed by atoms with E-state index < -0.39 is 10.1 Å². The predicted molar refractivity (Wildman–Crippen MR) is 83.3 cm³/mol. The van der Waals surface area contributed by atoms with Crippen LogP contribution in [0.3, 0.4) is 0 Å². The molecule has 0 spiro atoms. The van der Waals surface area contributed by atoms with Gasteiger partial charge in [-0.1, -0.05) is 48.0 Å². The quantitative estimate of drug-likeness (QED) is 0.795. The number of hydrogen-bond donors (Lipinski definition) is 0. The van der Waals surface area contributed by atoms with Crippen LogP contribution in [-0.4, -0.2) is 28.2 Å². The minimum Gasteiger partial charge on any atom is -0.379 e. The molecule has 0 aliphatic carbocycles. The molecule has 0 amide bonds. The van der Waals surface area contributed by atoms with E-state index in [4.69, 9.17) is 8.92 Å². The minimum absolute atomic E-state index is 0.0905. The third kappa shape index (κ3) is 2.92. The van der Waals surface area contributed by atoms with Gasteiger partial charge in [0.15, 0.2) is 0 Å². The van der Waals surface area contributed by atoms with E-state index in [1.54, 1.807) is 24.3 Å². The Bertz CT molecular complexity index is 732. The van der Waals surface area contributed by atoms with Gasteiger partial charge in [-0.25, -0.2) is 0 Å². The summed E-state index contributed by atoms with van der Waals surface area (Å²) in [6, 6.07) is 16.4. The molecule has 0 aromatic heterocycles. The van der Waals surface area contributed by atoms with Crippen LogP contribution in [0.1, 0.15) is 11.1 Å². The van der Waals surface area contributed by atoms with Crippen molar-refractivity contribution in [1.29, 1.82) is 0 Å². The summed E-state index contributed by atoms with van der Waals surface area (Å²) >= 11 is 0. The Morgan fingerprint density at radius 3 is 2.23 bits per heavy atom. The molecule has 22 heavy (non-hydrogen) atoms. The first-order chi connectivity index (χ1) is 10.5. The zero-order valence-corrected chi connectivity index (χ0v) is 13.2. The van der Waals surface area contributed by atoms with Gasteiger partial charge >= 0.3 is 0 Å². The molecule has 1 fully saturated rings. The molecule has 0 N–H and O–H groups in total. The molecule has 0 bridgehead atoms. The summed E-state index contributed by atoms with van der Waals surface area (Å²) in [4.78, 5) is 0.182. The highest BCUT2D eigenvalue weighted by atomic mass is 32.2. The van der Waals surface area contributed by atoms with Crippen molar-refractivity contribution < 1.29 is 17.3 Å². The molecular weight excluding hydrogens is 300 g/mol. The van der Waals surface area contributed by atoms with Crippen molar-refractivity contribution in [2.24, 2.45) is 0 Å². The zero-order chi connectivity index (χ0) is 15.6. The lowest BCUT2D eigenvalue weighted by Gasteiger charge is -2.41. The molecule has 1 saturated heterocycles. The summed E-state index contributed by atoms with van der Waals surface area (Å²) in [5, 5.41) is 0. The Kier molecular flexibility index (Phi) is 4.04. The molecule has 116 valence electrons. The van der Waals surface area contributed by atoms with Crippen LogP contribution in [0.2, 0.25) is 0 Å². The molecule has 3 rings (SSSR count). The van der Waals surface area contributed by atoms with Crippen molar-refractivity contribution in [2.45, 2.75) is 17.2 Å². The zero-order valence-electron chi connectivity index (χ0n) is 12.4. The second kappa shape index (κ2) is 5.83. The van der Waals surface area contributed by atoms with Crippen LogP contribution < -0.4 is 0 Å². The average Bonchev–Trinajstić information content (AvgIpc) is 2.47. The molecule has 5 heteroatoms. The SMILES string of the molecule is Cc1ccc(S(=O)(=O)OCC2(c3ccccc3)COC2)cc1. The minimum atomic E-state index is -3.75. The van der Waals surface area contributed by atoms with Crippen molar-refractivity contribution in [3.8, 4) is 0 Å². The second-order valence-electron chi connectivity index (χ2n) is 5.67. The highest BCUT2D eigenvalue weighted by molar-refractivity contribution is 7.86. The average molecular weight is 318 g/mol. The standard InChI is InChI=1S/C17H18O4S/c1-14-7-9-16(10-8-14)22(18,19)21-13-17(11-20-12-17)15-5-3-2-4-6-15/h2-10H,11-13H2,1H3. The second-order valence-corrected chi connectivity index (χ2v) is 7.28. The fraction of sp³-hybridized carbons (Fsp3) is 0.294. The number of aryl methyl sites for hydroxylation is 1. The van der Waals surface area contributed by atoms with E-state index in [2.05, 4.69) is 0 Å². The molecule has 4 nitrogen and oxygen atoms in total. The lowest BCUT2D eigenvalue weighted by molar-refractivity contribution is -0.0786. The van der Waals surface area contributed by atoms with E-state index in [0.29, 0.717) is 13.2 Å². The number of benzene rings is 2. The molecule has 1 heterocycles. The largest absolute Gasteiger partial charge is 0.379 e. The maximum atomic E-state index is 12.3. The van der Waals surface area contributed by atoms with Crippen LogP contribution in [0, 0.1) is 6.92 Å². The third-order valence-electron chi connectivity index (χ3n) is 3.94. The summed E-state index contributed by atoms with van der Waals surface area (Å²) < 4.78 is 35.2. The van der Waals surface area contributed by atoms with Gasteiger partial charge in [0.2, 0.25) is 0 Å². The number of ether oxygens (including phenoxy) is 1. The fourth-order valence-corrected chi connectivity index (χ4v) is 3.42. The van der Waals surface area contributed by atoms with E-state index in [0.717, 1.165) is 11.1 Å². The number of hydrogen-bond acceptors (Lipinski definition) is 4. The van der Waals surface area contributed by atoms with Crippen molar-refractivity contribution in [2.75, 3.05) is 19.8 Å². The summed E-state index contributed by atoms with van der Waals surface area (Å²) in [6.07, 6.45) is 0. The Labute approximate surface area is 130 Å². The van der Waals surface area contributed by atoms with E-state index in [-0.39, 0.29) is 16.9 Å². The molecule has 2 aromatic carbocycles. The fourth-order valence-electron chi connectivity index (χ4n) is 2.44. The van der Waals surface area contributed by atoms with Gasteiger partial charge in [0, 0.05) is 0 Å². The van der Waals surface area contributed by atoms with Gasteiger partial charge in [0.1, 0.15) is 0 Å². The maximum absolute atomic E-state index is 12.3. The van der Waals surface area contributed by atoms with Crippen LogP contribution in [0.4, 0.5) is 0 Å². The predicted octanol–water partition coefficient (Wildman–Crippen LogP) is 2.67. The molecule has 2 aromatic rings. The summed E-state index contributed by atoms with van der Waals surface area (Å²) in [6.45, 7) is 2.95. The third-order valence-corrected chi connectivity index (χ3v) is 5.22. The molecule has 0 atom stereocenters. The van der Waals surface area contributed by atoms with Gasteiger partial charge in [-0.2, -0.15) is 8.42 Å². The highest BCUT2D eigenvalue weighted by Crippen LogP contribution is 2.33. The van der Waals surface area contributed by atoms with Gasteiger partial charge in [-0.3, -0.25) is 4.18 Å². The van der Waals surface area contributed by atoms with Gasteiger partial charge in [0.05, 0.1) is 30.1 Å². The molecule has 0 unspecified atom stereocenters. The lowest BCUT2D eigenvalue weighted by Crippen LogP contribution is -2.50. The van der Waals surface area contributed by atoms with Crippen molar-refractivity contribution in [3.63, 3.8) is 0 Å². The molecule has 0 saturated carbocycles. The van der Waals surface area contributed by atoms with Gasteiger partial charge < -0.3 is 4.74 Å². The lowest BCUT2D eigenvalue weighted by atomic mass is 9.79. The first-order valence-corrected chi connectivity index (χ1v) is 8.52. The Balaban J connectivity index is 1.77. The van der Waals surface area contributed by atoms with Crippen LogP contribution in [0.15, 0.2) is 59.5 Å². The molecule has 0 radical (unpaired) electrons. The summed E-state index contributed by atoms with van der Waals surface area (Å²) in [7, 11) is -3.75. The van der Waals surface area contributed by atoms with Crippen LogP contribution in [-0.2, 0) is 24.5 Å². The van der Waals surface area contributed by atoms with E-state index in [9.17, 15) is 8.42 Å². The summed E-state index contributed by atoms with van der Waals surface area (Å²) in [5.41, 5.74) is 1.67. The van der Waals surface area contributed by atoms with E-state index >= 15 is 0 Å². The van der Waals surface area contributed by atoms with Crippen LogP contribution in [0.5, 0.6) is 0 Å². The van der Waals surface area contributed by atoms with Gasteiger partial charge in [0.25, 0.3) is 10.1 Å². The number of rotatable bonds is 5. The monoisotopic (exact) mass is 318 g/mol. The molecule has 1 aliphatic heterocycles. The Morgan fingerprint density at radius 1 is 1.05 bits per heavy atom. The van der Waals surface area contributed by atoms with Crippen molar-refractivity contribution >= 4 is 10.1 Å². The smallest absolute Gasteiger partial charge is 0.297 e. The molecular formula is C17H18O4S. The Morgan fingerprint density at radius 2 is 1.68 bits per heavy atom. The normalized spacial score (nSPS) is 17.0. The van der Waals surface area contributed by atoms with Crippen LogP contribution >= 0.6 is 0 Å². The Hall–Kier alpha value is -1.69. The topological polar surface area (TPSA) is 52.6 Å².